The van der Waals surface area contributed by atoms with Crippen molar-refractivity contribution in [2.24, 2.45) is 5.73 Å². The van der Waals surface area contributed by atoms with Crippen molar-refractivity contribution in [1.29, 1.82) is 0 Å². The number of nitrogens with one attached hydrogen (secondary N) is 1. The van der Waals surface area contributed by atoms with Gasteiger partial charge in [0.1, 0.15) is 0 Å². The fourth-order valence-corrected chi connectivity index (χ4v) is 2.89. The molecule has 2 amide bonds. The van der Waals surface area contributed by atoms with E-state index in [4.69, 9.17) is 5.73 Å². The second-order valence-electron chi connectivity index (χ2n) is 5.73. The number of amides is 2. The van der Waals surface area contributed by atoms with Crippen molar-refractivity contribution in [2.75, 3.05) is 23.3 Å². The maximum absolute atomic E-state index is 12.7. The van der Waals surface area contributed by atoms with Crippen LogP contribution in [0.1, 0.15) is 28.8 Å². The normalized spacial score (nSPS) is 13.3. The summed E-state index contributed by atoms with van der Waals surface area (Å²) in [5, 5.41) is 2.84. The van der Waals surface area contributed by atoms with E-state index in [1.54, 1.807) is 29.4 Å². The van der Waals surface area contributed by atoms with Gasteiger partial charge in [-0.3, -0.25) is 14.6 Å². The van der Waals surface area contributed by atoms with Crippen LogP contribution in [0.25, 0.3) is 0 Å². The van der Waals surface area contributed by atoms with Crippen LogP contribution in [0, 0.1) is 0 Å². The summed E-state index contributed by atoms with van der Waals surface area (Å²) >= 11 is 0. The summed E-state index contributed by atoms with van der Waals surface area (Å²) in [6.45, 7) is 1.00. The molecule has 0 fully saturated rings. The van der Waals surface area contributed by atoms with Crippen LogP contribution in [-0.4, -0.2) is 29.9 Å². The van der Waals surface area contributed by atoms with Crippen LogP contribution in [-0.2, 0) is 11.2 Å². The van der Waals surface area contributed by atoms with Crippen LogP contribution in [0.3, 0.4) is 0 Å². The highest BCUT2D eigenvalue weighted by atomic mass is 16.2. The van der Waals surface area contributed by atoms with Gasteiger partial charge in [-0.05, 0) is 48.7 Å². The molecule has 0 saturated heterocycles. The van der Waals surface area contributed by atoms with Crippen LogP contribution < -0.4 is 16.0 Å². The van der Waals surface area contributed by atoms with E-state index in [0.717, 1.165) is 29.8 Å². The van der Waals surface area contributed by atoms with Crippen molar-refractivity contribution in [2.45, 2.75) is 19.3 Å². The molecule has 1 aromatic heterocycles. The highest BCUT2D eigenvalue weighted by molar-refractivity contribution is 6.06. The lowest BCUT2D eigenvalue weighted by Crippen LogP contribution is -2.35. The molecule has 24 heavy (non-hydrogen) atoms. The zero-order chi connectivity index (χ0) is 16.9. The first-order chi connectivity index (χ1) is 11.7. The Labute approximate surface area is 140 Å². The van der Waals surface area contributed by atoms with E-state index >= 15 is 0 Å². The number of hydrogen-bond donors (Lipinski definition) is 2. The summed E-state index contributed by atoms with van der Waals surface area (Å²) in [4.78, 5) is 30.2. The van der Waals surface area contributed by atoms with E-state index in [1.807, 2.05) is 18.2 Å². The van der Waals surface area contributed by atoms with E-state index in [1.165, 1.54) is 0 Å². The molecule has 6 nitrogen and oxygen atoms in total. The summed E-state index contributed by atoms with van der Waals surface area (Å²) in [5.74, 6) is -0.152. The lowest BCUT2D eigenvalue weighted by molar-refractivity contribution is -0.116. The predicted octanol–water partition coefficient (Wildman–Crippen LogP) is 1.96. The number of benzene rings is 1. The Hall–Kier alpha value is -2.73. The average Bonchev–Trinajstić information content (AvgIpc) is 2.61. The fourth-order valence-electron chi connectivity index (χ4n) is 2.89. The molecule has 2 heterocycles. The largest absolute Gasteiger partial charge is 0.330 e. The molecule has 3 rings (SSSR count). The summed E-state index contributed by atoms with van der Waals surface area (Å²) in [5.41, 5.74) is 8.66. The number of aromatic nitrogens is 1. The average molecular weight is 324 g/mol. The van der Waals surface area contributed by atoms with Crippen LogP contribution >= 0.6 is 0 Å². The lowest BCUT2D eigenvalue weighted by Gasteiger charge is -2.30. The van der Waals surface area contributed by atoms with Gasteiger partial charge in [-0.2, -0.15) is 0 Å². The van der Waals surface area contributed by atoms with Crippen molar-refractivity contribution in [3.8, 4) is 0 Å². The molecule has 1 aliphatic heterocycles. The van der Waals surface area contributed by atoms with E-state index in [-0.39, 0.29) is 11.8 Å². The molecule has 2 aromatic rings. The molecule has 6 heteroatoms. The molecule has 1 aliphatic rings. The van der Waals surface area contributed by atoms with Crippen LogP contribution in [0.4, 0.5) is 11.4 Å². The maximum Gasteiger partial charge on any atom is 0.259 e. The molecule has 0 saturated carbocycles. The van der Waals surface area contributed by atoms with Gasteiger partial charge in [0.15, 0.2) is 0 Å². The van der Waals surface area contributed by atoms with E-state index < -0.39 is 0 Å². The summed E-state index contributed by atoms with van der Waals surface area (Å²) in [6.07, 6.45) is 5.30. The third-order valence-electron chi connectivity index (χ3n) is 4.01. The van der Waals surface area contributed by atoms with Crippen molar-refractivity contribution in [3.05, 3.63) is 53.9 Å². The number of aryl methyl sites for hydroxylation is 1. The van der Waals surface area contributed by atoms with Gasteiger partial charge in [0.2, 0.25) is 5.91 Å². The fraction of sp³-hybridized carbons (Fsp3) is 0.278. The molecule has 3 N–H and O–H groups in total. The minimum atomic E-state index is -0.100. The van der Waals surface area contributed by atoms with Gasteiger partial charge in [-0.1, -0.05) is 0 Å². The first kappa shape index (κ1) is 16.1. The topological polar surface area (TPSA) is 88.3 Å². The molecule has 0 aliphatic carbocycles. The quantitative estimate of drug-likeness (QED) is 0.900. The Kier molecular flexibility index (Phi) is 4.86. The number of nitrogens with zero attached hydrogens (tertiary/aromatic N) is 2. The number of hydrogen-bond acceptors (Lipinski definition) is 4. The monoisotopic (exact) mass is 324 g/mol. The van der Waals surface area contributed by atoms with Gasteiger partial charge in [0.05, 0.1) is 5.56 Å². The van der Waals surface area contributed by atoms with Crippen molar-refractivity contribution in [3.63, 3.8) is 0 Å². The smallest absolute Gasteiger partial charge is 0.259 e. The van der Waals surface area contributed by atoms with Gasteiger partial charge < -0.3 is 16.0 Å². The highest BCUT2D eigenvalue weighted by Gasteiger charge is 2.24. The highest BCUT2D eigenvalue weighted by Crippen LogP contribution is 2.30. The van der Waals surface area contributed by atoms with Gasteiger partial charge in [-0.15, -0.1) is 0 Å². The molecule has 0 radical (unpaired) electrons. The van der Waals surface area contributed by atoms with Gasteiger partial charge in [0.25, 0.3) is 5.91 Å². The summed E-state index contributed by atoms with van der Waals surface area (Å²) in [7, 11) is 0. The first-order valence-corrected chi connectivity index (χ1v) is 8.04. The Morgan fingerprint density at radius 1 is 1.29 bits per heavy atom. The van der Waals surface area contributed by atoms with Crippen LogP contribution in [0.5, 0.6) is 0 Å². The Balaban J connectivity index is 1.83. The summed E-state index contributed by atoms with van der Waals surface area (Å²) < 4.78 is 0. The lowest BCUT2D eigenvalue weighted by atomic mass is 10.00. The summed E-state index contributed by atoms with van der Waals surface area (Å²) in [6, 6.07) is 9.18. The zero-order valence-corrected chi connectivity index (χ0v) is 13.4. The Bertz CT molecular complexity index is 746. The minimum Gasteiger partial charge on any atom is -0.330 e. The maximum atomic E-state index is 12.7. The first-order valence-electron chi connectivity index (χ1n) is 8.04. The molecule has 0 unspecified atom stereocenters. The standard InChI is InChI=1S/C18H20N4O2/c19-8-7-17(23)21-15-5-6-16-13(11-15)4-2-10-22(16)18(24)14-3-1-9-20-12-14/h1,3,5-6,9,11-12H,2,4,7-8,10,19H2,(H,21,23). The Morgan fingerprint density at radius 2 is 2.17 bits per heavy atom. The number of rotatable bonds is 4. The molecule has 124 valence electrons. The van der Waals surface area contributed by atoms with E-state index in [2.05, 4.69) is 10.3 Å². The molecule has 1 aromatic carbocycles. The minimum absolute atomic E-state index is 0.0519. The third-order valence-corrected chi connectivity index (χ3v) is 4.01. The molecule has 0 atom stereocenters. The molecular formula is C18H20N4O2. The van der Waals surface area contributed by atoms with Crippen molar-refractivity contribution in [1.82, 2.24) is 4.98 Å². The third kappa shape index (κ3) is 3.44. The number of carbonyl (C=O) groups is 2. The number of nitrogens with two attached hydrogens (primary N) is 1. The Morgan fingerprint density at radius 3 is 2.92 bits per heavy atom. The van der Waals surface area contributed by atoms with Gasteiger partial charge >= 0.3 is 0 Å². The zero-order valence-electron chi connectivity index (χ0n) is 13.4. The number of carbonyl (C=O) groups excluding carboxylic acids is 2. The number of fused-ring (bicyclic) bond motifs is 1. The second kappa shape index (κ2) is 7.23. The molecular weight excluding hydrogens is 304 g/mol. The molecule has 0 spiro atoms. The van der Waals surface area contributed by atoms with Crippen LogP contribution in [0.15, 0.2) is 42.7 Å². The van der Waals surface area contributed by atoms with Gasteiger partial charge in [0, 0.05) is 43.3 Å². The SMILES string of the molecule is NCCC(=O)Nc1ccc2c(c1)CCCN2C(=O)c1cccnc1. The number of anilines is 2. The van der Waals surface area contributed by atoms with Gasteiger partial charge in [-0.25, -0.2) is 0 Å². The van der Waals surface area contributed by atoms with E-state index in [9.17, 15) is 9.59 Å². The second-order valence-corrected chi connectivity index (χ2v) is 5.73. The molecule has 0 bridgehead atoms. The van der Waals surface area contributed by atoms with Crippen molar-refractivity contribution >= 4 is 23.2 Å². The van der Waals surface area contributed by atoms with Crippen LogP contribution in [0.2, 0.25) is 0 Å². The van der Waals surface area contributed by atoms with E-state index in [0.29, 0.717) is 25.1 Å². The number of pyridine rings is 1. The van der Waals surface area contributed by atoms with Crippen molar-refractivity contribution < 1.29 is 9.59 Å². The predicted molar refractivity (Wildman–Crippen MR) is 93.0 cm³/mol.